The maximum Gasteiger partial charge on any atom is 0.246 e. The van der Waals surface area contributed by atoms with Crippen LogP contribution in [0.25, 0.3) is 0 Å². The fraction of sp³-hybridized carbons (Fsp3) is 0.294. The summed E-state index contributed by atoms with van der Waals surface area (Å²) in [5, 5.41) is 0. The first kappa shape index (κ1) is 19.2. The third-order valence-corrected chi connectivity index (χ3v) is 5.75. The van der Waals surface area contributed by atoms with Crippen molar-refractivity contribution in [3.05, 3.63) is 54.4 Å². The number of sulfonamides is 1. The van der Waals surface area contributed by atoms with Gasteiger partial charge in [-0.2, -0.15) is 0 Å². The van der Waals surface area contributed by atoms with Crippen LogP contribution in [0.5, 0.6) is 0 Å². The molecule has 2 aromatic rings. The summed E-state index contributed by atoms with van der Waals surface area (Å²) in [6, 6.07) is 6.61. The van der Waals surface area contributed by atoms with E-state index in [1.54, 1.807) is 0 Å². The molecule has 1 aliphatic heterocycles. The lowest BCUT2D eigenvalue weighted by molar-refractivity contribution is -0.377. The van der Waals surface area contributed by atoms with Gasteiger partial charge in [0.05, 0.1) is 6.54 Å². The molecule has 0 bridgehead atoms. The number of carbonyl (C=O) groups is 1. The predicted molar refractivity (Wildman–Crippen MR) is 93.3 cm³/mol. The summed E-state index contributed by atoms with van der Waals surface area (Å²) in [7, 11) is -4.47. The highest BCUT2D eigenvalue weighted by Gasteiger charge is 2.26. The van der Waals surface area contributed by atoms with Gasteiger partial charge in [0.2, 0.25) is 15.9 Å². The number of nitrogens with zero attached hydrogens (tertiary/aromatic N) is 2. The zero-order chi connectivity index (χ0) is 19.4. The molecule has 2 N–H and O–H groups in total. The average molecular weight is 397 g/mol. The molecule has 0 spiro atoms. The van der Waals surface area contributed by atoms with E-state index in [9.17, 15) is 22.0 Å². The van der Waals surface area contributed by atoms with Gasteiger partial charge < -0.3 is 9.80 Å². The number of aromatic amines is 1. The minimum Gasteiger partial charge on any atom is -0.368 e. The zero-order valence-corrected chi connectivity index (χ0v) is 15.2. The minimum atomic E-state index is -4.47. The number of benzene rings is 1. The van der Waals surface area contributed by atoms with E-state index in [0.717, 1.165) is 23.9 Å². The van der Waals surface area contributed by atoms with Crippen LogP contribution in [0.15, 0.2) is 47.6 Å². The van der Waals surface area contributed by atoms with Gasteiger partial charge in [0.1, 0.15) is 11.6 Å². The number of hydrogen-bond donors (Lipinski definition) is 1. The Kier molecular flexibility index (Phi) is 5.66. The van der Waals surface area contributed by atoms with Crippen LogP contribution in [-0.4, -0.2) is 51.9 Å². The normalized spacial score (nSPS) is 15.0. The molecule has 1 saturated heterocycles. The molecule has 1 aliphatic rings. The second kappa shape index (κ2) is 7.97. The molecule has 3 rings (SSSR count). The molecule has 1 fully saturated rings. The van der Waals surface area contributed by atoms with Crippen LogP contribution >= 0.6 is 0 Å². The van der Waals surface area contributed by atoms with Crippen molar-refractivity contribution in [1.29, 1.82) is 0 Å². The van der Waals surface area contributed by atoms with Crippen molar-refractivity contribution in [3.8, 4) is 0 Å². The molecule has 0 unspecified atom stereocenters. The van der Waals surface area contributed by atoms with Crippen LogP contribution in [0.3, 0.4) is 0 Å². The third kappa shape index (κ3) is 4.40. The summed E-state index contributed by atoms with van der Waals surface area (Å²) in [4.78, 5) is 17.8. The van der Waals surface area contributed by atoms with Gasteiger partial charge in [0.15, 0.2) is 17.3 Å². The molecule has 7 nitrogen and oxygen atoms in total. The number of anilines is 1. The van der Waals surface area contributed by atoms with Crippen LogP contribution in [0.1, 0.15) is 0 Å². The number of piperazine rings is 1. The number of hydrogen-bond acceptors (Lipinski definition) is 4. The highest BCUT2D eigenvalue weighted by atomic mass is 32.2. The van der Waals surface area contributed by atoms with Crippen molar-refractivity contribution in [2.24, 2.45) is 0 Å². The number of pyridine rings is 1. The Balaban J connectivity index is 1.57. The molecule has 1 aromatic heterocycles. The lowest BCUT2D eigenvalue weighted by atomic mass is 10.2. The molecular formula is C17H19F2N4O3S+. The molecule has 1 amide bonds. The van der Waals surface area contributed by atoms with E-state index >= 15 is 0 Å². The first-order valence-electron chi connectivity index (χ1n) is 8.31. The van der Waals surface area contributed by atoms with Crippen molar-refractivity contribution in [1.82, 2.24) is 9.62 Å². The zero-order valence-electron chi connectivity index (χ0n) is 14.4. The van der Waals surface area contributed by atoms with Crippen LogP contribution in [0.4, 0.5) is 14.5 Å². The van der Waals surface area contributed by atoms with E-state index in [0.29, 0.717) is 26.2 Å². The van der Waals surface area contributed by atoms with Crippen molar-refractivity contribution >= 4 is 21.6 Å². The van der Waals surface area contributed by atoms with Gasteiger partial charge in [-0.3, -0.25) is 4.79 Å². The van der Waals surface area contributed by atoms with E-state index in [4.69, 9.17) is 0 Å². The van der Waals surface area contributed by atoms with Crippen molar-refractivity contribution in [2.45, 2.75) is 4.90 Å². The van der Waals surface area contributed by atoms with Crippen molar-refractivity contribution < 1.29 is 27.0 Å². The second-order valence-electron chi connectivity index (χ2n) is 6.00. The SMILES string of the molecule is O=C(CNS(=O)(=O)c1c(F)cccc1F)N1CCN(c2cc[nH+]cc2)CC1. The minimum absolute atomic E-state index is 0.424. The topological polar surface area (TPSA) is 83.9 Å². The Morgan fingerprint density at radius 2 is 1.63 bits per heavy atom. The summed E-state index contributed by atoms with van der Waals surface area (Å²) in [6.45, 7) is 1.49. The number of rotatable bonds is 5. The van der Waals surface area contributed by atoms with E-state index in [1.807, 2.05) is 29.2 Å². The summed E-state index contributed by atoms with van der Waals surface area (Å²) < 4.78 is 53.6. The number of amides is 1. The Hall–Kier alpha value is -2.59. The molecular weight excluding hydrogens is 378 g/mol. The van der Waals surface area contributed by atoms with Crippen LogP contribution in [0, 0.1) is 11.6 Å². The lowest BCUT2D eigenvalue weighted by Gasteiger charge is -2.35. The highest BCUT2D eigenvalue weighted by Crippen LogP contribution is 2.18. The fourth-order valence-electron chi connectivity index (χ4n) is 2.88. The van der Waals surface area contributed by atoms with Crippen LogP contribution in [0.2, 0.25) is 0 Å². The van der Waals surface area contributed by atoms with Gasteiger partial charge in [-0.25, -0.2) is 26.9 Å². The summed E-state index contributed by atoms with van der Waals surface area (Å²) in [5.74, 6) is -2.86. The predicted octanol–water partition coefficient (Wildman–Crippen LogP) is 0.406. The Morgan fingerprint density at radius 1 is 1.04 bits per heavy atom. The van der Waals surface area contributed by atoms with Gasteiger partial charge in [-0.15, -0.1) is 0 Å². The number of halogens is 2. The van der Waals surface area contributed by atoms with Gasteiger partial charge >= 0.3 is 0 Å². The molecule has 1 aromatic carbocycles. The maximum atomic E-state index is 13.7. The smallest absolute Gasteiger partial charge is 0.246 e. The monoisotopic (exact) mass is 397 g/mol. The molecule has 0 atom stereocenters. The van der Waals surface area contributed by atoms with Crippen LogP contribution < -0.4 is 14.6 Å². The molecule has 0 radical (unpaired) electrons. The molecule has 2 heterocycles. The quantitative estimate of drug-likeness (QED) is 0.792. The molecule has 10 heteroatoms. The van der Waals surface area contributed by atoms with E-state index in [2.05, 4.69) is 9.88 Å². The molecule has 0 saturated carbocycles. The first-order valence-corrected chi connectivity index (χ1v) is 9.79. The highest BCUT2D eigenvalue weighted by molar-refractivity contribution is 7.89. The molecule has 27 heavy (non-hydrogen) atoms. The van der Waals surface area contributed by atoms with Crippen LogP contribution in [-0.2, 0) is 14.8 Å². The van der Waals surface area contributed by atoms with Gasteiger partial charge in [0.25, 0.3) is 0 Å². The number of H-pyrrole nitrogens is 1. The Morgan fingerprint density at radius 3 is 2.22 bits per heavy atom. The standard InChI is InChI=1S/C17H18F2N4O3S/c18-14-2-1-3-15(19)17(14)27(25,26)21-12-16(24)23-10-8-22(9-11-23)13-4-6-20-7-5-13/h1-7,21H,8-12H2/p+1. The lowest BCUT2D eigenvalue weighted by Crippen LogP contribution is -2.51. The largest absolute Gasteiger partial charge is 0.368 e. The molecule has 0 aliphatic carbocycles. The summed E-state index contributed by atoms with van der Waals surface area (Å²) >= 11 is 0. The van der Waals surface area contributed by atoms with Crippen molar-refractivity contribution in [2.75, 3.05) is 37.6 Å². The third-order valence-electron chi connectivity index (χ3n) is 4.30. The molecule has 144 valence electrons. The fourth-order valence-corrected chi connectivity index (χ4v) is 3.99. The Bertz CT molecular complexity index is 897. The van der Waals surface area contributed by atoms with E-state index in [-0.39, 0.29) is 0 Å². The average Bonchev–Trinajstić information content (AvgIpc) is 2.67. The number of nitrogens with one attached hydrogen (secondary N) is 2. The van der Waals surface area contributed by atoms with Gasteiger partial charge in [0, 0.05) is 44.0 Å². The second-order valence-corrected chi connectivity index (χ2v) is 7.71. The number of aromatic nitrogens is 1. The van der Waals surface area contributed by atoms with E-state index in [1.165, 1.54) is 4.90 Å². The Labute approximate surface area is 155 Å². The number of carbonyl (C=O) groups excluding carboxylic acids is 1. The summed E-state index contributed by atoms with van der Waals surface area (Å²) in [6.07, 6.45) is 3.62. The van der Waals surface area contributed by atoms with Gasteiger partial charge in [-0.1, -0.05) is 6.07 Å². The summed E-state index contributed by atoms with van der Waals surface area (Å²) in [5.41, 5.74) is 1.02. The van der Waals surface area contributed by atoms with Crippen molar-refractivity contribution in [3.63, 3.8) is 0 Å². The maximum absolute atomic E-state index is 13.7. The first-order chi connectivity index (χ1) is 12.9. The van der Waals surface area contributed by atoms with Gasteiger partial charge in [-0.05, 0) is 12.1 Å². The van der Waals surface area contributed by atoms with E-state index < -0.39 is 39.0 Å².